The van der Waals surface area contributed by atoms with Gasteiger partial charge in [-0.1, -0.05) is 37.6 Å². The van der Waals surface area contributed by atoms with Crippen molar-refractivity contribution >= 4 is 17.3 Å². The summed E-state index contributed by atoms with van der Waals surface area (Å²) in [5.41, 5.74) is 9.46. The van der Waals surface area contributed by atoms with Crippen LogP contribution in [0.1, 0.15) is 30.9 Å². The van der Waals surface area contributed by atoms with Gasteiger partial charge in [0.1, 0.15) is 5.69 Å². The minimum Gasteiger partial charge on any atom is -0.463 e. The molecule has 156 valence electrons. The van der Waals surface area contributed by atoms with Gasteiger partial charge in [-0.25, -0.2) is 0 Å². The van der Waals surface area contributed by atoms with Crippen molar-refractivity contribution in [3.05, 3.63) is 35.4 Å². The summed E-state index contributed by atoms with van der Waals surface area (Å²) in [5, 5.41) is 3.30. The maximum Gasteiger partial charge on any atom is 0.320 e. The number of nitrogen functional groups attached to an aromatic ring is 1. The fourth-order valence-corrected chi connectivity index (χ4v) is 3.58. The molecule has 0 saturated carbocycles. The van der Waals surface area contributed by atoms with Crippen LogP contribution in [-0.2, 0) is 17.8 Å². The lowest BCUT2D eigenvalue weighted by Gasteiger charge is -2.26. The van der Waals surface area contributed by atoms with E-state index in [-0.39, 0.29) is 0 Å². The molecule has 0 atom stereocenters. The molecule has 29 heavy (non-hydrogen) atoms. The van der Waals surface area contributed by atoms with Gasteiger partial charge in [0.25, 0.3) is 0 Å². The molecule has 0 unspecified atom stereocenters. The molecule has 1 aromatic heterocycles. The summed E-state index contributed by atoms with van der Waals surface area (Å²) in [5.74, 6) is 1.24. The van der Waals surface area contributed by atoms with Crippen LogP contribution in [0.15, 0.2) is 24.3 Å². The van der Waals surface area contributed by atoms with E-state index in [4.69, 9.17) is 15.2 Å². The molecule has 3 N–H and O–H groups in total. The number of unbranched alkanes of at least 4 members (excludes halogenated alkanes) is 1. The minimum atomic E-state index is 0.351. The third-order valence-corrected chi connectivity index (χ3v) is 5.28. The molecule has 0 bridgehead atoms. The Morgan fingerprint density at radius 3 is 2.55 bits per heavy atom. The Hall–Kier alpha value is -2.58. The van der Waals surface area contributed by atoms with Crippen molar-refractivity contribution < 1.29 is 9.47 Å². The largest absolute Gasteiger partial charge is 0.463 e. The lowest BCUT2D eigenvalue weighted by molar-refractivity contribution is 0.0342. The zero-order valence-corrected chi connectivity index (χ0v) is 17.1. The van der Waals surface area contributed by atoms with Crippen LogP contribution in [0.3, 0.4) is 0 Å². The van der Waals surface area contributed by atoms with E-state index in [1.807, 2.05) is 0 Å². The minimum absolute atomic E-state index is 0.351. The Bertz CT molecular complexity index is 808. The van der Waals surface area contributed by atoms with E-state index in [0.717, 1.165) is 63.7 Å². The highest BCUT2D eigenvalue weighted by Gasteiger charge is 2.25. The fourth-order valence-electron chi connectivity index (χ4n) is 3.58. The number of morpholine rings is 1. The van der Waals surface area contributed by atoms with E-state index in [2.05, 4.69) is 56.3 Å². The molecule has 1 aromatic carbocycles. The molecule has 2 aliphatic rings. The van der Waals surface area contributed by atoms with E-state index in [9.17, 15) is 0 Å². The van der Waals surface area contributed by atoms with Crippen molar-refractivity contribution in [1.82, 2.24) is 14.9 Å². The first-order chi connectivity index (χ1) is 14.2. The Balaban J connectivity index is 1.40. The first-order valence-electron chi connectivity index (χ1n) is 10.4. The number of hydrogen-bond acceptors (Lipinski definition) is 8. The monoisotopic (exact) mass is 398 g/mol. The molecule has 2 aromatic rings. The summed E-state index contributed by atoms with van der Waals surface area (Å²) >= 11 is 0. The molecular weight excluding hydrogens is 368 g/mol. The maximum absolute atomic E-state index is 6.11. The number of anilines is 3. The lowest BCUT2D eigenvalue weighted by atomic mass is 10.1. The molecule has 0 radical (unpaired) electrons. The molecule has 1 saturated heterocycles. The maximum atomic E-state index is 6.11. The first kappa shape index (κ1) is 19.7. The lowest BCUT2D eigenvalue weighted by Crippen LogP contribution is -2.35. The average Bonchev–Trinajstić information content (AvgIpc) is 3.14. The van der Waals surface area contributed by atoms with Crippen LogP contribution in [0.5, 0.6) is 6.01 Å². The zero-order valence-electron chi connectivity index (χ0n) is 17.1. The Labute approximate surface area is 172 Å². The van der Waals surface area contributed by atoms with Crippen LogP contribution < -0.4 is 20.7 Å². The van der Waals surface area contributed by atoms with Crippen molar-refractivity contribution in [3.63, 3.8) is 0 Å². The van der Waals surface area contributed by atoms with Gasteiger partial charge in [0, 0.05) is 26.2 Å². The summed E-state index contributed by atoms with van der Waals surface area (Å²) in [6.07, 6.45) is 2.04. The molecule has 4 rings (SSSR count). The number of nitrogens with zero attached hydrogens (tertiary/aromatic N) is 4. The summed E-state index contributed by atoms with van der Waals surface area (Å²) in [4.78, 5) is 13.5. The molecule has 8 heteroatoms. The normalized spacial score (nSPS) is 16.5. The van der Waals surface area contributed by atoms with Gasteiger partial charge >= 0.3 is 6.01 Å². The van der Waals surface area contributed by atoms with Gasteiger partial charge in [0.05, 0.1) is 26.5 Å². The predicted octanol–water partition coefficient (Wildman–Crippen LogP) is 2.46. The number of nitrogens with one attached hydrogen (secondary N) is 1. The van der Waals surface area contributed by atoms with Gasteiger partial charge < -0.3 is 25.4 Å². The molecular formula is C21H30N6O2. The molecule has 8 nitrogen and oxygen atoms in total. The third kappa shape index (κ3) is 4.89. The number of fused-ring (bicyclic) bond motifs is 1. The Kier molecular flexibility index (Phi) is 6.31. The summed E-state index contributed by atoms with van der Waals surface area (Å²) in [6, 6.07) is 9.16. The molecule has 2 aliphatic heterocycles. The second kappa shape index (κ2) is 9.28. The van der Waals surface area contributed by atoms with Gasteiger partial charge in [-0.05, 0) is 17.5 Å². The van der Waals surface area contributed by atoms with Crippen molar-refractivity contribution in [2.24, 2.45) is 0 Å². The predicted molar refractivity (Wildman–Crippen MR) is 114 cm³/mol. The fraction of sp³-hybridized carbons (Fsp3) is 0.524. The smallest absolute Gasteiger partial charge is 0.320 e. The van der Waals surface area contributed by atoms with Crippen LogP contribution in [0, 0.1) is 0 Å². The number of hydrogen-bond donors (Lipinski definition) is 2. The quantitative estimate of drug-likeness (QED) is 0.656. The van der Waals surface area contributed by atoms with Crippen LogP contribution >= 0.6 is 0 Å². The van der Waals surface area contributed by atoms with E-state index in [0.29, 0.717) is 25.1 Å². The van der Waals surface area contributed by atoms with Crippen LogP contribution in [0.25, 0.3) is 0 Å². The van der Waals surface area contributed by atoms with Crippen LogP contribution in [-0.4, -0.2) is 54.4 Å². The first-order valence-corrected chi connectivity index (χ1v) is 10.4. The van der Waals surface area contributed by atoms with Gasteiger partial charge in [-0.3, -0.25) is 4.90 Å². The SMILES string of the molecule is CCCCOc1nc(N)c2c(n1)N(Cc1ccc(CN3CCOCC3)cc1)CN2. The second-order valence-electron chi connectivity index (χ2n) is 7.53. The third-order valence-electron chi connectivity index (χ3n) is 5.28. The topological polar surface area (TPSA) is 88.8 Å². The standard InChI is InChI=1S/C21H30N6O2/c1-2-3-10-29-21-24-19(22)18-20(25-21)27(15-23-18)14-17-6-4-16(5-7-17)13-26-8-11-28-12-9-26/h4-7,23H,2-3,8-15H2,1H3,(H2,22,24,25). The number of rotatable bonds is 8. The Morgan fingerprint density at radius 1 is 1.10 bits per heavy atom. The van der Waals surface area contributed by atoms with Crippen molar-refractivity contribution in [3.8, 4) is 6.01 Å². The molecule has 3 heterocycles. The number of benzene rings is 1. The highest BCUT2D eigenvalue weighted by atomic mass is 16.5. The van der Waals surface area contributed by atoms with Crippen molar-refractivity contribution in [2.75, 3.05) is 55.5 Å². The molecule has 0 spiro atoms. The highest BCUT2D eigenvalue weighted by molar-refractivity contribution is 5.80. The summed E-state index contributed by atoms with van der Waals surface area (Å²) in [7, 11) is 0. The van der Waals surface area contributed by atoms with E-state index >= 15 is 0 Å². The van der Waals surface area contributed by atoms with Crippen molar-refractivity contribution in [1.29, 1.82) is 0 Å². The number of nitrogens with two attached hydrogens (primary N) is 1. The average molecular weight is 399 g/mol. The van der Waals surface area contributed by atoms with Gasteiger partial charge in [-0.2, -0.15) is 9.97 Å². The molecule has 1 fully saturated rings. The summed E-state index contributed by atoms with van der Waals surface area (Å²) < 4.78 is 11.1. The molecule has 0 aliphatic carbocycles. The number of ether oxygens (including phenoxy) is 2. The van der Waals surface area contributed by atoms with E-state index in [1.54, 1.807) is 0 Å². The number of aromatic nitrogens is 2. The van der Waals surface area contributed by atoms with Gasteiger partial charge in [0.2, 0.25) is 0 Å². The van der Waals surface area contributed by atoms with E-state index in [1.165, 1.54) is 11.1 Å². The van der Waals surface area contributed by atoms with Crippen molar-refractivity contribution in [2.45, 2.75) is 32.9 Å². The Morgan fingerprint density at radius 2 is 1.83 bits per heavy atom. The van der Waals surface area contributed by atoms with E-state index < -0.39 is 0 Å². The molecule has 0 amide bonds. The zero-order chi connectivity index (χ0) is 20.1. The van der Waals surface area contributed by atoms with Crippen LogP contribution in [0.2, 0.25) is 0 Å². The summed E-state index contributed by atoms with van der Waals surface area (Å²) in [6.45, 7) is 8.77. The van der Waals surface area contributed by atoms with Crippen LogP contribution in [0.4, 0.5) is 17.3 Å². The van der Waals surface area contributed by atoms with Gasteiger partial charge in [-0.15, -0.1) is 0 Å². The highest BCUT2D eigenvalue weighted by Crippen LogP contribution is 2.35. The second-order valence-corrected chi connectivity index (χ2v) is 7.53. The van der Waals surface area contributed by atoms with Gasteiger partial charge in [0.15, 0.2) is 11.6 Å².